The number of rotatable bonds is 7. The number of amides is 1. The van der Waals surface area contributed by atoms with E-state index in [9.17, 15) is 9.59 Å². The maximum atomic E-state index is 12.2. The van der Waals surface area contributed by atoms with Crippen LogP contribution < -0.4 is 5.32 Å². The van der Waals surface area contributed by atoms with Crippen LogP contribution in [0.5, 0.6) is 0 Å². The molecule has 0 aromatic heterocycles. The molecule has 0 bridgehead atoms. The number of hydrogen-bond acceptors (Lipinski definition) is 3. The highest BCUT2D eigenvalue weighted by atomic mass is 16.4. The Balaban J connectivity index is 2.39. The summed E-state index contributed by atoms with van der Waals surface area (Å²) in [5, 5.41) is 12.0. The fourth-order valence-corrected chi connectivity index (χ4v) is 2.63. The fourth-order valence-electron chi connectivity index (χ4n) is 2.63. The van der Waals surface area contributed by atoms with E-state index in [4.69, 9.17) is 5.11 Å². The maximum absolute atomic E-state index is 12.2. The summed E-state index contributed by atoms with van der Waals surface area (Å²) in [5.74, 6) is 0.160. The highest BCUT2D eigenvalue weighted by molar-refractivity contribution is 5.77. The number of nitrogens with one attached hydrogen (secondary N) is 1. The average Bonchev–Trinajstić information content (AvgIpc) is 2.40. The molecule has 1 fully saturated rings. The minimum atomic E-state index is -0.851. The molecule has 1 amide bonds. The van der Waals surface area contributed by atoms with E-state index in [1.807, 2.05) is 6.92 Å². The Hall–Kier alpha value is -1.10. The van der Waals surface area contributed by atoms with Gasteiger partial charge in [-0.25, -0.2) is 0 Å². The lowest BCUT2D eigenvalue weighted by molar-refractivity contribution is -0.138. The zero-order valence-corrected chi connectivity index (χ0v) is 12.0. The number of carboxylic acids is 1. The minimum Gasteiger partial charge on any atom is -0.481 e. The number of nitrogens with zero attached hydrogens (tertiary/aromatic N) is 1. The van der Waals surface area contributed by atoms with Crippen molar-refractivity contribution in [3.63, 3.8) is 0 Å². The van der Waals surface area contributed by atoms with Crippen molar-refractivity contribution in [1.29, 1.82) is 0 Å². The fraction of sp³-hybridized carbons (Fsp3) is 0.857. The van der Waals surface area contributed by atoms with Crippen molar-refractivity contribution < 1.29 is 14.7 Å². The number of piperidine rings is 1. The van der Waals surface area contributed by atoms with Gasteiger partial charge in [0.15, 0.2) is 0 Å². The summed E-state index contributed by atoms with van der Waals surface area (Å²) in [7, 11) is 0. The largest absolute Gasteiger partial charge is 0.481 e. The van der Waals surface area contributed by atoms with Crippen LogP contribution in [0.15, 0.2) is 0 Å². The lowest BCUT2D eigenvalue weighted by Gasteiger charge is -2.29. The Kier molecular flexibility index (Phi) is 6.84. The molecule has 2 unspecified atom stereocenters. The summed E-state index contributed by atoms with van der Waals surface area (Å²) >= 11 is 0. The van der Waals surface area contributed by atoms with Gasteiger partial charge in [0.1, 0.15) is 0 Å². The van der Waals surface area contributed by atoms with Gasteiger partial charge in [-0.05, 0) is 44.7 Å². The van der Waals surface area contributed by atoms with Gasteiger partial charge in [-0.1, -0.05) is 6.92 Å². The Labute approximate surface area is 115 Å². The van der Waals surface area contributed by atoms with Crippen LogP contribution in [0, 0.1) is 11.8 Å². The summed E-state index contributed by atoms with van der Waals surface area (Å²) in [5.41, 5.74) is 0. The smallest absolute Gasteiger partial charge is 0.305 e. The third-order valence-corrected chi connectivity index (χ3v) is 3.97. The summed E-state index contributed by atoms with van der Waals surface area (Å²) in [6, 6.07) is 0. The van der Waals surface area contributed by atoms with Crippen LogP contribution in [0.25, 0.3) is 0 Å². The molecular formula is C14H26N2O3. The zero-order chi connectivity index (χ0) is 14.3. The molecule has 2 atom stereocenters. The van der Waals surface area contributed by atoms with Crippen molar-refractivity contribution in [3.05, 3.63) is 0 Å². The highest BCUT2D eigenvalue weighted by Gasteiger charge is 2.24. The Morgan fingerprint density at radius 2 is 2.21 bits per heavy atom. The molecule has 5 nitrogen and oxygen atoms in total. The second-order valence-corrected chi connectivity index (χ2v) is 5.40. The van der Waals surface area contributed by atoms with E-state index < -0.39 is 5.97 Å². The van der Waals surface area contributed by atoms with Gasteiger partial charge < -0.3 is 15.3 Å². The van der Waals surface area contributed by atoms with Gasteiger partial charge in [0.25, 0.3) is 0 Å². The van der Waals surface area contributed by atoms with Crippen molar-refractivity contribution in [3.8, 4) is 0 Å². The van der Waals surface area contributed by atoms with Crippen LogP contribution >= 0.6 is 0 Å². The molecule has 0 saturated carbocycles. The zero-order valence-electron chi connectivity index (χ0n) is 12.0. The van der Waals surface area contributed by atoms with Gasteiger partial charge in [0, 0.05) is 19.5 Å². The van der Waals surface area contributed by atoms with E-state index in [1.165, 1.54) is 12.8 Å². The summed E-state index contributed by atoms with van der Waals surface area (Å²) < 4.78 is 0. The first-order valence-corrected chi connectivity index (χ1v) is 7.24. The summed E-state index contributed by atoms with van der Waals surface area (Å²) in [6.07, 6.45) is 2.92. The van der Waals surface area contributed by atoms with Crippen LogP contribution in [-0.2, 0) is 9.59 Å². The molecule has 1 heterocycles. The lowest BCUT2D eigenvalue weighted by Crippen LogP contribution is -2.37. The molecule has 0 aromatic rings. The molecule has 0 aliphatic carbocycles. The Bertz CT molecular complexity index is 301. The molecule has 19 heavy (non-hydrogen) atoms. The van der Waals surface area contributed by atoms with Gasteiger partial charge in [-0.15, -0.1) is 0 Å². The summed E-state index contributed by atoms with van der Waals surface area (Å²) in [6.45, 7) is 7.00. The maximum Gasteiger partial charge on any atom is 0.305 e. The van der Waals surface area contributed by atoms with E-state index in [-0.39, 0.29) is 12.3 Å². The Morgan fingerprint density at radius 1 is 1.47 bits per heavy atom. The summed E-state index contributed by atoms with van der Waals surface area (Å²) in [4.78, 5) is 24.4. The SMILES string of the molecule is CCN(CCC(=O)O)C(=O)CC(C)C1CCCNC1. The molecule has 0 radical (unpaired) electrons. The van der Waals surface area contributed by atoms with Gasteiger partial charge in [0.05, 0.1) is 6.42 Å². The standard InChI is InChI=1S/C14H26N2O3/c1-3-16(8-6-14(18)19)13(17)9-11(2)12-5-4-7-15-10-12/h11-12,15H,3-10H2,1-2H3,(H,18,19). The van der Waals surface area contributed by atoms with E-state index in [0.29, 0.717) is 31.3 Å². The number of carbonyl (C=O) groups is 2. The lowest BCUT2D eigenvalue weighted by atomic mass is 9.85. The molecule has 1 rings (SSSR count). The highest BCUT2D eigenvalue weighted by Crippen LogP contribution is 2.23. The topological polar surface area (TPSA) is 69.6 Å². The monoisotopic (exact) mass is 270 g/mol. The van der Waals surface area contributed by atoms with Gasteiger partial charge >= 0.3 is 5.97 Å². The molecular weight excluding hydrogens is 244 g/mol. The molecule has 1 aliphatic heterocycles. The molecule has 5 heteroatoms. The van der Waals surface area contributed by atoms with Crippen molar-refractivity contribution in [2.75, 3.05) is 26.2 Å². The minimum absolute atomic E-state index is 0.0267. The second-order valence-electron chi connectivity index (χ2n) is 5.40. The normalized spacial score (nSPS) is 20.8. The van der Waals surface area contributed by atoms with Crippen molar-refractivity contribution >= 4 is 11.9 Å². The third kappa shape index (κ3) is 5.59. The van der Waals surface area contributed by atoms with E-state index in [1.54, 1.807) is 4.90 Å². The number of carbonyl (C=O) groups excluding carboxylic acids is 1. The molecule has 0 aromatic carbocycles. The van der Waals surface area contributed by atoms with Crippen LogP contribution in [0.2, 0.25) is 0 Å². The number of aliphatic carboxylic acids is 1. The molecule has 1 aliphatic rings. The molecule has 0 spiro atoms. The van der Waals surface area contributed by atoms with E-state index in [2.05, 4.69) is 12.2 Å². The molecule has 1 saturated heterocycles. The first-order chi connectivity index (χ1) is 9.04. The number of carboxylic acid groups (broad SMARTS) is 1. The van der Waals surface area contributed by atoms with Gasteiger partial charge in [-0.2, -0.15) is 0 Å². The molecule has 110 valence electrons. The van der Waals surface area contributed by atoms with Crippen molar-refractivity contribution in [1.82, 2.24) is 10.2 Å². The predicted octanol–water partition coefficient (Wildman–Crippen LogP) is 1.34. The van der Waals surface area contributed by atoms with E-state index in [0.717, 1.165) is 13.1 Å². The van der Waals surface area contributed by atoms with Crippen LogP contribution in [-0.4, -0.2) is 48.1 Å². The van der Waals surface area contributed by atoms with Crippen molar-refractivity contribution in [2.24, 2.45) is 11.8 Å². The first-order valence-electron chi connectivity index (χ1n) is 7.24. The average molecular weight is 270 g/mol. The van der Waals surface area contributed by atoms with Gasteiger partial charge in [-0.3, -0.25) is 9.59 Å². The second kappa shape index (κ2) is 8.15. The van der Waals surface area contributed by atoms with Crippen LogP contribution in [0.1, 0.15) is 39.5 Å². The Morgan fingerprint density at radius 3 is 2.74 bits per heavy atom. The van der Waals surface area contributed by atoms with Crippen LogP contribution in [0.3, 0.4) is 0 Å². The van der Waals surface area contributed by atoms with E-state index >= 15 is 0 Å². The predicted molar refractivity (Wildman–Crippen MR) is 73.9 cm³/mol. The number of hydrogen-bond donors (Lipinski definition) is 2. The van der Waals surface area contributed by atoms with Crippen LogP contribution in [0.4, 0.5) is 0 Å². The quantitative estimate of drug-likeness (QED) is 0.732. The third-order valence-electron chi connectivity index (χ3n) is 3.97. The first kappa shape index (κ1) is 16.0. The van der Waals surface area contributed by atoms with Crippen molar-refractivity contribution in [2.45, 2.75) is 39.5 Å². The molecule has 2 N–H and O–H groups in total. The van der Waals surface area contributed by atoms with Gasteiger partial charge in [0.2, 0.25) is 5.91 Å².